The maximum absolute atomic E-state index is 14.2. The molecule has 1 aromatic rings. The fourth-order valence-corrected chi connectivity index (χ4v) is 7.86. The van der Waals surface area contributed by atoms with Crippen LogP contribution in [-0.2, 0) is 34.7 Å². The van der Waals surface area contributed by atoms with Crippen LogP contribution in [0.15, 0.2) is 36.4 Å². The molecule has 13 nitrogen and oxygen atoms in total. The van der Waals surface area contributed by atoms with E-state index in [9.17, 15) is 43.4 Å². The Hall–Kier alpha value is -3.54. The van der Waals surface area contributed by atoms with Gasteiger partial charge in [-0.2, -0.15) is 0 Å². The highest BCUT2D eigenvalue weighted by Crippen LogP contribution is 2.42. The number of nitrogens with two attached hydrogens (primary N) is 1. The molecule has 8 N–H and O–H groups in total. The Kier molecular flexibility index (Phi) is 11.5. The quantitative estimate of drug-likeness (QED) is 0.168. The van der Waals surface area contributed by atoms with Gasteiger partial charge in [0.05, 0.1) is 24.9 Å². The Balaban J connectivity index is 1.79. The number of aliphatic carboxylic acids is 1. The predicted molar refractivity (Wildman–Crippen MR) is 168 cm³/mol. The van der Waals surface area contributed by atoms with E-state index in [0.29, 0.717) is 36.9 Å². The summed E-state index contributed by atoms with van der Waals surface area (Å²) in [6, 6.07) is 5.14. The molecule has 1 aromatic carbocycles. The van der Waals surface area contributed by atoms with Crippen LogP contribution in [0, 0.1) is 11.3 Å². The first-order chi connectivity index (χ1) is 21.7. The highest BCUT2D eigenvalue weighted by Gasteiger charge is 2.45. The molecule has 2 spiro atoms. The number of hydrogen-bond acceptors (Lipinski definition) is 6. The van der Waals surface area contributed by atoms with Gasteiger partial charge in [-0.15, -0.1) is 0 Å². The van der Waals surface area contributed by atoms with Crippen LogP contribution in [-0.4, -0.2) is 62.6 Å². The van der Waals surface area contributed by atoms with E-state index in [1.54, 1.807) is 30.3 Å². The van der Waals surface area contributed by atoms with Gasteiger partial charge < -0.3 is 36.6 Å². The van der Waals surface area contributed by atoms with Crippen LogP contribution < -0.4 is 21.7 Å². The Morgan fingerprint density at radius 1 is 0.913 bits per heavy atom. The number of carbonyl (C=O) groups is 5. The lowest BCUT2D eigenvalue weighted by Gasteiger charge is -2.39. The van der Waals surface area contributed by atoms with Crippen molar-refractivity contribution >= 4 is 37.2 Å². The van der Waals surface area contributed by atoms with Crippen molar-refractivity contribution in [3.05, 3.63) is 47.5 Å². The molecular weight excluding hydrogens is 615 g/mol. The van der Waals surface area contributed by atoms with Crippen molar-refractivity contribution in [3.8, 4) is 0 Å². The first-order valence-electron chi connectivity index (χ1n) is 15.9. The summed E-state index contributed by atoms with van der Waals surface area (Å²) in [4.78, 5) is 84.5. The average molecular weight is 661 g/mol. The molecule has 1 heterocycles. The molecule has 0 bridgehead atoms. The summed E-state index contributed by atoms with van der Waals surface area (Å²) in [6.07, 6.45) is 8.89. The number of primary amides is 1. The Morgan fingerprint density at radius 2 is 1.54 bits per heavy atom. The van der Waals surface area contributed by atoms with Crippen molar-refractivity contribution in [3.63, 3.8) is 0 Å². The number of carboxylic acid groups (broad SMARTS) is 1. The Labute approximate surface area is 268 Å². The van der Waals surface area contributed by atoms with Crippen LogP contribution in [0.2, 0.25) is 0 Å². The monoisotopic (exact) mass is 660 g/mol. The molecule has 46 heavy (non-hydrogen) atoms. The van der Waals surface area contributed by atoms with Crippen molar-refractivity contribution in [2.75, 3.05) is 6.54 Å². The molecule has 0 aromatic heterocycles. The van der Waals surface area contributed by atoms with Crippen molar-refractivity contribution in [2.24, 2.45) is 17.1 Å². The molecule has 0 unspecified atom stereocenters. The number of carboxylic acids is 1. The highest BCUT2D eigenvalue weighted by atomic mass is 31.2. The maximum Gasteiger partial charge on any atom is 0.329 e. The number of rotatable bonds is 7. The van der Waals surface area contributed by atoms with Gasteiger partial charge in [-0.25, -0.2) is 0 Å². The smallest absolute Gasteiger partial charge is 0.329 e. The van der Waals surface area contributed by atoms with Gasteiger partial charge in [0.15, 0.2) is 0 Å². The lowest BCUT2D eigenvalue weighted by molar-refractivity contribution is -0.143. The van der Waals surface area contributed by atoms with E-state index in [0.717, 1.165) is 32.1 Å². The van der Waals surface area contributed by atoms with Gasteiger partial charge in [0.25, 0.3) is 0 Å². The number of amides is 4. The van der Waals surface area contributed by atoms with Gasteiger partial charge in [0, 0.05) is 12.5 Å². The van der Waals surface area contributed by atoms with E-state index in [-0.39, 0.29) is 18.3 Å². The fourth-order valence-electron chi connectivity index (χ4n) is 7.17. The van der Waals surface area contributed by atoms with Gasteiger partial charge in [0.2, 0.25) is 23.6 Å². The molecule has 4 rings (SSSR count). The molecular formula is C32H45N4O9P. The molecule has 252 valence electrons. The molecule has 2 aliphatic carbocycles. The van der Waals surface area contributed by atoms with E-state index in [1.165, 1.54) is 0 Å². The van der Waals surface area contributed by atoms with Gasteiger partial charge in [-0.1, -0.05) is 68.5 Å². The molecule has 3 aliphatic rings. The summed E-state index contributed by atoms with van der Waals surface area (Å²) < 4.78 is 11.6. The van der Waals surface area contributed by atoms with E-state index < -0.39 is 79.6 Å². The second-order valence-electron chi connectivity index (χ2n) is 13.2. The molecule has 0 radical (unpaired) electrons. The lowest BCUT2D eigenvalue weighted by atomic mass is 9.77. The van der Waals surface area contributed by atoms with Crippen LogP contribution in [0.5, 0.6) is 0 Å². The molecule has 2 fully saturated rings. The second-order valence-corrected chi connectivity index (χ2v) is 14.8. The van der Waals surface area contributed by atoms with Crippen molar-refractivity contribution in [2.45, 2.75) is 101 Å². The van der Waals surface area contributed by atoms with Crippen molar-refractivity contribution < 1.29 is 43.4 Å². The lowest BCUT2D eigenvalue weighted by Crippen LogP contribution is -2.64. The number of allylic oxidation sites excluding steroid dienone is 2. The summed E-state index contributed by atoms with van der Waals surface area (Å²) in [7, 11) is -4.33. The third kappa shape index (κ3) is 9.27. The predicted octanol–water partition coefficient (Wildman–Crippen LogP) is 2.35. The van der Waals surface area contributed by atoms with E-state index in [1.807, 2.05) is 6.08 Å². The van der Waals surface area contributed by atoms with Crippen molar-refractivity contribution in [1.82, 2.24) is 16.0 Å². The zero-order valence-electron chi connectivity index (χ0n) is 25.9. The zero-order valence-corrected chi connectivity index (χ0v) is 26.8. The summed E-state index contributed by atoms with van der Waals surface area (Å²) in [5, 5.41) is 18.5. The standard InChI is InChI=1S/C32H45N4O9P/c33-26(37)18-25-29(41)34-20-31(12-4-5-13-31)14-6-7-23(22-10-8-21(9-11-22)19-46(43,44)45)24(17-27(38)39)28(40)36-32(30(42)35-25)15-2-1-3-16-32/h6-11,23-25H,1-5,12-20H2,(H2,33,37)(H,34,41)(H,35,42)(H,36,40)(H,38,39)(H2,43,44,45)/b7-6+/t23-,24+,25+/m1/s1. The highest BCUT2D eigenvalue weighted by molar-refractivity contribution is 7.50. The first-order valence-corrected chi connectivity index (χ1v) is 17.7. The van der Waals surface area contributed by atoms with E-state index in [4.69, 9.17) is 5.73 Å². The molecule has 0 saturated heterocycles. The summed E-state index contributed by atoms with van der Waals surface area (Å²) >= 11 is 0. The minimum Gasteiger partial charge on any atom is -0.481 e. The average Bonchev–Trinajstić information content (AvgIpc) is 3.45. The van der Waals surface area contributed by atoms with Crippen LogP contribution in [0.3, 0.4) is 0 Å². The Morgan fingerprint density at radius 3 is 2.13 bits per heavy atom. The number of hydrogen-bond donors (Lipinski definition) is 7. The van der Waals surface area contributed by atoms with Crippen LogP contribution in [0.1, 0.15) is 94.1 Å². The molecule has 14 heteroatoms. The minimum absolute atomic E-state index is 0.260. The second kappa shape index (κ2) is 14.9. The van der Waals surface area contributed by atoms with Crippen LogP contribution >= 0.6 is 7.60 Å². The molecule has 3 atom stereocenters. The van der Waals surface area contributed by atoms with Gasteiger partial charge in [-0.05, 0) is 48.6 Å². The minimum atomic E-state index is -4.33. The SMILES string of the molecule is NC(=O)C[C@@H]1NC(=O)C2(CCCCC2)NC(=O)[C@@H](CC(=O)O)[C@@H](c2ccc(CP(=O)(O)O)cc2)/C=C/CC2(CCCC2)CNC1=O. The van der Waals surface area contributed by atoms with Crippen LogP contribution in [0.25, 0.3) is 0 Å². The number of carbonyl (C=O) groups excluding carboxylic acids is 4. The van der Waals surface area contributed by atoms with Gasteiger partial charge in [0.1, 0.15) is 11.6 Å². The Bertz CT molecular complexity index is 1380. The topological polar surface area (TPSA) is 225 Å². The normalized spacial score (nSPS) is 26.3. The van der Waals surface area contributed by atoms with Gasteiger partial charge in [-0.3, -0.25) is 28.5 Å². The summed E-state index contributed by atoms with van der Waals surface area (Å²) in [5.74, 6) is -5.67. The van der Waals surface area contributed by atoms with Crippen LogP contribution in [0.4, 0.5) is 0 Å². The van der Waals surface area contributed by atoms with Gasteiger partial charge >= 0.3 is 13.6 Å². The largest absolute Gasteiger partial charge is 0.481 e. The molecule has 1 aliphatic heterocycles. The molecule has 2 saturated carbocycles. The summed E-state index contributed by atoms with van der Waals surface area (Å²) in [5.41, 5.74) is 4.67. The van der Waals surface area contributed by atoms with E-state index >= 15 is 0 Å². The zero-order chi connectivity index (χ0) is 33.5. The number of benzene rings is 1. The fraction of sp³-hybridized carbons (Fsp3) is 0.594. The van der Waals surface area contributed by atoms with Crippen molar-refractivity contribution in [1.29, 1.82) is 0 Å². The third-order valence-corrected chi connectivity index (χ3v) is 10.4. The molecule has 4 amide bonds. The summed E-state index contributed by atoms with van der Waals surface area (Å²) in [6.45, 7) is 0.296. The van der Waals surface area contributed by atoms with E-state index in [2.05, 4.69) is 16.0 Å². The maximum atomic E-state index is 14.2. The third-order valence-electron chi connectivity index (χ3n) is 9.65. The first kappa shape index (κ1) is 35.3. The number of nitrogens with one attached hydrogen (secondary N) is 3.